The molecule has 6 heteroatoms. The predicted molar refractivity (Wildman–Crippen MR) is 70.8 cm³/mol. The van der Waals surface area contributed by atoms with Gasteiger partial charge in [-0.1, -0.05) is 11.6 Å². The number of nitrogens with one attached hydrogen (secondary N) is 1. The lowest BCUT2D eigenvalue weighted by atomic mass is 10.2. The van der Waals surface area contributed by atoms with Crippen LogP contribution in [0.2, 0.25) is 5.02 Å². The quantitative estimate of drug-likeness (QED) is 0.904. The van der Waals surface area contributed by atoms with E-state index in [-0.39, 0.29) is 12.5 Å². The average molecular weight is 279 g/mol. The third-order valence-electron chi connectivity index (χ3n) is 2.73. The molecule has 2 aromatic rings. The van der Waals surface area contributed by atoms with Crippen molar-refractivity contribution >= 4 is 17.3 Å². The number of aromatic hydroxyl groups is 1. The molecule has 0 spiro atoms. The smallest absolute Gasteiger partial charge is 0.231 e. The van der Waals surface area contributed by atoms with E-state index in [9.17, 15) is 0 Å². The van der Waals surface area contributed by atoms with Crippen LogP contribution in [-0.2, 0) is 6.54 Å². The van der Waals surface area contributed by atoms with Gasteiger partial charge in [0.05, 0.1) is 29.1 Å². The van der Waals surface area contributed by atoms with Gasteiger partial charge in [0.2, 0.25) is 6.79 Å². The SMILES string of the molecule is Oc1ccc(CNc2cc3c(cc2Cl)OCO3)nc1. The Balaban J connectivity index is 1.75. The van der Waals surface area contributed by atoms with Crippen LogP contribution in [0.1, 0.15) is 5.69 Å². The summed E-state index contributed by atoms with van der Waals surface area (Å²) in [6.07, 6.45) is 1.40. The van der Waals surface area contributed by atoms with Crippen LogP contribution in [0.3, 0.4) is 0 Å². The molecule has 1 aliphatic rings. The minimum absolute atomic E-state index is 0.143. The molecule has 0 atom stereocenters. The summed E-state index contributed by atoms with van der Waals surface area (Å²) in [5, 5.41) is 12.9. The molecule has 2 heterocycles. The molecule has 98 valence electrons. The van der Waals surface area contributed by atoms with Gasteiger partial charge in [-0.05, 0) is 12.1 Å². The highest BCUT2D eigenvalue weighted by Gasteiger charge is 2.16. The van der Waals surface area contributed by atoms with Crippen LogP contribution in [-0.4, -0.2) is 16.9 Å². The van der Waals surface area contributed by atoms with Crippen LogP contribution in [0.25, 0.3) is 0 Å². The van der Waals surface area contributed by atoms with Gasteiger partial charge in [-0.3, -0.25) is 4.98 Å². The lowest BCUT2D eigenvalue weighted by Gasteiger charge is -2.09. The first-order chi connectivity index (χ1) is 9.22. The Bertz CT molecular complexity index is 602. The van der Waals surface area contributed by atoms with E-state index in [1.807, 2.05) is 0 Å². The van der Waals surface area contributed by atoms with Crippen molar-refractivity contribution in [2.75, 3.05) is 12.1 Å². The maximum atomic E-state index is 9.16. The van der Waals surface area contributed by atoms with Gasteiger partial charge in [0.15, 0.2) is 11.5 Å². The second-order valence-electron chi connectivity index (χ2n) is 4.05. The zero-order valence-electron chi connectivity index (χ0n) is 9.89. The van der Waals surface area contributed by atoms with Gasteiger partial charge in [0, 0.05) is 12.1 Å². The second-order valence-corrected chi connectivity index (χ2v) is 4.45. The van der Waals surface area contributed by atoms with E-state index >= 15 is 0 Å². The maximum absolute atomic E-state index is 9.16. The molecular formula is C13H11ClN2O3. The number of halogens is 1. The Morgan fingerprint density at radius 3 is 2.79 bits per heavy atom. The van der Waals surface area contributed by atoms with Gasteiger partial charge in [-0.2, -0.15) is 0 Å². The van der Waals surface area contributed by atoms with Crippen LogP contribution >= 0.6 is 11.6 Å². The van der Waals surface area contributed by atoms with Gasteiger partial charge in [0.25, 0.3) is 0 Å². The number of benzene rings is 1. The first-order valence-electron chi connectivity index (χ1n) is 5.69. The standard InChI is InChI=1S/C13H11ClN2O3/c14-10-3-12-13(19-7-18-12)4-11(10)16-5-8-1-2-9(17)6-15-8/h1-4,6,16-17H,5,7H2. The lowest BCUT2D eigenvalue weighted by Crippen LogP contribution is -2.01. The lowest BCUT2D eigenvalue weighted by molar-refractivity contribution is 0.174. The Morgan fingerprint density at radius 1 is 1.26 bits per heavy atom. The molecule has 0 aliphatic carbocycles. The summed E-state index contributed by atoms with van der Waals surface area (Å²) in [6.45, 7) is 0.717. The Kier molecular flexibility index (Phi) is 3.05. The third kappa shape index (κ3) is 2.51. The molecular weight excluding hydrogens is 268 g/mol. The predicted octanol–water partition coefficient (Wildman–Crippen LogP) is 2.78. The number of pyridine rings is 1. The molecule has 3 rings (SSSR count). The first kappa shape index (κ1) is 11.9. The Morgan fingerprint density at radius 2 is 2.05 bits per heavy atom. The number of aromatic nitrogens is 1. The molecule has 1 aliphatic heterocycles. The number of fused-ring (bicyclic) bond motifs is 1. The molecule has 19 heavy (non-hydrogen) atoms. The average Bonchev–Trinajstić information content (AvgIpc) is 2.85. The van der Waals surface area contributed by atoms with E-state index in [0.717, 1.165) is 11.4 Å². The summed E-state index contributed by atoms with van der Waals surface area (Å²) in [6, 6.07) is 6.84. The van der Waals surface area contributed by atoms with Crippen LogP contribution in [0.5, 0.6) is 17.2 Å². The van der Waals surface area contributed by atoms with Crippen molar-refractivity contribution in [3.63, 3.8) is 0 Å². The third-order valence-corrected chi connectivity index (χ3v) is 3.04. The Hall–Kier alpha value is -2.14. The summed E-state index contributed by atoms with van der Waals surface area (Å²) in [5.41, 5.74) is 1.55. The van der Waals surface area contributed by atoms with Crippen molar-refractivity contribution in [2.24, 2.45) is 0 Å². The molecule has 0 bridgehead atoms. The fraction of sp³-hybridized carbons (Fsp3) is 0.154. The van der Waals surface area contributed by atoms with Crippen molar-refractivity contribution in [2.45, 2.75) is 6.54 Å². The van der Waals surface area contributed by atoms with E-state index in [2.05, 4.69) is 10.3 Å². The highest BCUT2D eigenvalue weighted by molar-refractivity contribution is 6.33. The van der Waals surface area contributed by atoms with Gasteiger partial charge < -0.3 is 19.9 Å². The van der Waals surface area contributed by atoms with E-state index in [1.54, 1.807) is 24.3 Å². The number of anilines is 1. The number of ether oxygens (including phenoxy) is 2. The summed E-state index contributed by atoms with van der Waals surface area (Å²) in [4.78, 5) is 4.08. The molecule has 0 radical (unpaired) electrons. The van der Waals surface area contributed by atoms with Crippen molar-refractivity contribution in [1.82, 2.24) is 4.98 Å². The molecule has 5 nitrogen and oxygen atoms in total. The first-order valence-corrected chi connectivity index (χ1v) is 6.07. The largest absolute Gasteiger partial charge is 0.506 e. The topological polar surface area (TPSA) is 63.6 Å². The number of hydrogen-bond acceptors (Lipinski definition) is 5. The van der Waals surface area contributed by atoms with E-state index in [1.165, 1.54) is 6.20 Å². The molecule has 0 saturated carbocycles. The molecule has 0 unspecified atom stereocenters. The fourth-order valence-corrected chi connectivity index (χ4v) is 1.98. The number of hydrogen-bond donors (Lipinski definition) is 2. The number of nitrogens with zero attached hydrogens (tertiary/aromatic N) is 1. The minimum atomic E-state index is 0.143. The number of rotatable bonds is 3. The molecule has 2 N–H and O–H groups in total. The van der Waals surface area contributed by atoms with Crippen molar-refractivity contribution in [1.29, 1.82) is 0 Å². The van der Waals surface area contributed by atoms with Crippen LogP contribution in [0.15, 0.2) is 30.5 Å². The van der Waals surface area contributed by atoms with E-state index < -0.39 is 0 Å². The van der Waals surface area contributed by atoms with Crippen LogP contribution < -0.4 is 14.8 Å². The molecule has 1 aromatic heterocycles. The van der Waals surface area contributed by atoms with Crippen molar-refractivity contribution < 1.29 is 14.6 Å². The fourth-order valence-electron chi connectivity index (χ4n) is 1.76. The summed E-state index contributed by atoms with van der Waals surface area (Å²) in [5.74, 6) is 1.47. The zero-order chi connectivity index (χ0) is 13.2. The highest BCUT2D eigenvalue weighted by Crippen LogP contribution is 2.39. The van der Waals surface area contributed by atoms with Gasteiger partial charge in [0.1, 0.15) is 5.75 Å². The monoisotopic (exact) mass is 278 g/mol. The highest BCUT2D eigenvalue weighted by atomic mass is 35.5. The zero-order valence-corrected chi connectivity index (χ0v) is 10.6. The van der Waals surface area contributed by atoms with Crippen molar-refractivity contribution in [3.8, 4) is 17.2 Å². The van der Waals surface area contributed by atoms with Gasteiger partial charge >= 0.3 is 0 Å². The summed E-state index contributed by atoms with van der Waals surface area (Å²) >= 11 is 6.14. The van der Waals surface area contributed by atoms with Crippen LogP contribution in [0, 0.1) is 0 Å². The molecule has 0 amide bonds. The normalized spacial score (nSPS) is 12.5. The van der Waals surface area contributed by atoms with E-state index in [4.69, 9.17) is 26.2 Å². The molecule has 0 fully saturated rings. The second kappa shape index (κ2) is 4.85. The Labute approximate surface area is 114 Å². The molecule has 1 aromatic carbocycles. The van der Waals surface area contributed by atoms with Gasteiger partial charge in [-0.25, -0.2) is 0 Å². The summed E-state index contributed by atoms with van der Waals surface area (Å²) < 4.78 is 10.5. The van der Waals surface area contributed by atoms with Crippen molar-refractivity contribution in [3.05, 3.63) is 41.2 Å². The van der Waals surface area contributed by atoms with E-state index in [0.29, 0.717) is 23.1 Å². The van der Waals surface area contributed by atoms with Crippen LogP contribution in [0.4, 0.5) is 5.69 Å². The minimum Gasteiger partial charge on any atom is -0.506 e. The summed E-state index contributed by atoms with van der Waals surface area (Å²) in [7, 11) is 0. The maximum Gasteiger partial charge on any atom is 0.231 e. The van der Waals surface area contributed by atoms with Gasteiger partial charge in [-0.15, -0.1) is 0 Å². The molecule has 0 saturated heterocycles.